The summed E-state index contributed by atoms with van der Waals surface area (Å²) >= 11 is 5.16. The molecule has 0 fully saturated rings. The van der Waals surface area contributed by atoms with Crippen LogP contribution in [0.5, 0.6) is 11.5 Å². The van der Waals surface area contributed by atoms with Crippen molar-refractivity contribution in [1.82, 2.24) is 16.2 Å². The maximum absolute atomic E-state index is 12.7. The Labute approximate surface area is 209 Å². The summed E-state index contributed by atoms with van der Waals surface area (Å²) in [5, 5.41) is 2.46. The molecule has 9 heteroatoms. The van der Waals surface area contributed by atoms with E-state index in [0.717, 1.165) is 5.56 Å². The number of rotatable bonds is 10. The van der Waals surface area contributed by atoms with Crippen molar-refractivity contribution in [3.05, 3.63) is 95.6 Å². The second kappa shape index (κ2) is 13.7. The van der Waals surface area contributed by atoms with Crippen LogP contribution >= 0.6 is 12.2 Å². The van der Waals surface area contributed by atoms with Crippen molar-refractivity contribution in [3.8, 4) is 11.5 Å². The topological polar surface area (TPSA) is 97.9 Å². The van der Waals surface area contributed by atoms with Crippen molar-refractivity contribution in [2.45, 2.75) is 13.5 Å². The third-order valence-corrected chi connectivity index (χ3v) is 4.91. The Morgan fingerprint density at radius 1 is 0.743 bits per heavy atom. The van der Waals surface area contributed by atoms with E-state index in [1.54, 1.807) is 48.5 Å². The van der Waals surface area contributed by atoms with E-state index in [4.69, 9.17) is 26.4 Å². The van der Waals surface area contributed by atoms with Crippen molar-refractivity contribution >= 4 is 29.1 Å². The molecule has 3 N–H and O–H groups in total. The van der Waals surface area contributed by atoms with Crippen molar-refractivity contribution in [2.75, 3.05) is 19.8 Å². The first-order valence-electron chi connectivity index (χ1n) is 11.1. The Morgan fingerprint density at radius 3 is 2.03 bits per heavy atom. The summed E-state index contributed by atoms with van der Waals surface area (Å²) < 4.78 is 16.7. The molecule has 0 aromatic heterocycles. The van der Waals surface area contributed by atoms with Crippen LogP contribution in [0.1, 0.15) is 33.2 Å². The molecule has 0 unspecified atom stereocenters. The highest BCUT2D eigenvalue weighted by Crippen LogP contribution is 2.19. The normalized spacial score (nSPS) is 10.2. The molecule has 0 atom stereocenters. The zero-order valence-electron chi connectivity index (χ0n) is 19.3. The van der Waals surface area contributed by atoms with E-state index in [-0.39, 0.29) is 5.11 Å². The van der Waals surface area contributed by atoms with E-state index in [1.807, 2.05) is 37.3 Å². The number of amides is 2. The lowest BCUT2D eigenvalue weighted by atomic mass is 10.2. The molecule has 0 heterocycles. The Kier molecular flexibility index (Phi) is 10.0. The van der Waals surface area contributed by atoms with Crippen LogP contribution in [0.3, 0.4) is 0 Å². The number of thiocarbonyl (C=S) groups is 1. The van der Waals surface area contributed by atoms with Gasteiger partial charge in [0, 0.05) is 6.61 Å². The summed E-state index contributed by atoms with van der Waals surface area (Å²) in [5.74, 6) is -0.120. The van der Waals surface area contributed by atoms with Crippen molar-refractivity contribution in [3.63, 3.8) is 0 Å². The van der Waals surface area contributed by atoms with E-state index in [9.17, 15) is 9.59 Å². The molecule has 2 amide bonds. The molecule has 0 aliphatic carbocycles. The minimum absolute atomic E-state index is 0.0739. The van der Waals surface area contributed by atoms with Crippen molar-refractivity contribution in [1.29, 1.82) is 0 Å². The number of hydrogen-bond acceptors (Lipinski definition) is 6. The van der Waals surface area contributed by atoms with Crippen molar-refractivity contribution < 1.29 is 23.8 Å². The van der Waals surface area contributed by atoms with Crippen molar-refractivity contribution in [2.24, 2.45) is 0 Å². The number of carbonyl (C=O) groups excluding carboxylic acids is 2. The predicted molar refractivity (Wildman–Crippen MR) is 136 cm³/mol. The zero-order valence-corrected chi connectivity index (χ0v) is 20.1. The fourth-order valence-corrected chi connectivity index (χ4v) is 3.18. The molecule has 0 spiro atoms. The highest BCUT2D eigenvalue weighted by atomic mass is 32.1. The molecule has 3 rings (SSSR count). The van der Waals surface area contributed by atoms with Crippen LogP contribution in [0, 0.1) is 0 Å². The lowest BCUT2D eigenvalue weighted by Crippen LogP contribution is -2.48. The Hall–Kier alpha value is -3.95. The smallest absolute Gasteiger partial charge is 0.273 e. The number of carbonyl (C=O) groups is 2. The molecule has 0 radical (unpaired) electrons. The maximum atomic E-state index is 12.7. The minimum atomic E-state index is -0.477. The van der Waals surface area contributed by atoms with Gasteiger partial charge in [0.25, 0.3) is 11.8 Å². The quantitative estimate of drug-likeness (QED) is 0.225. The van der Waals surface area contributed by atoms with E-state index in [2.05, 4.69) is 16.2 Å². The maximum Gasteiger partial charge on any atom is 0.273 e. The molecular formula is C26H27N3O5S. The number of nitrogens with one attached hydrogen (secondary N) is 3. The standard InChI is InChI=1S/C26H27N3O5S/c1-2-32-16-17-33-22-14-8-6-12-20(22)24(30)27-26(35)29-28-25(31)21-13-7-9-15-23(21)34-18-19-10-4-3-5-11-19/h3-15H,2,16-18H2,1H3,(H,28,31)(H2,27,29,30,35). The summed E-state index contributed by atoms with van der Waals surface area (Å²) in [6.07, 6.45) is 0. The van der Waals surface area contributed by atoms with E-state index in [1.165, 1.54) is 0 Å². The summed E-state index contributed by atoms with van der Waals surface area (Å²) in [4.78, 5) is 25.4. The molecule has 35 heavy (non-hydrogen) atoms. The molecule has 0 aliphatic rings. The van der Waals surface area contributed by atoms with Gasteiger partial charge in [0.1, 0.15) is 24.7 Å². The van der Waals surface area contributed by atoms with Crippen LogP contribution in [-0.4, -0.2) is 36.7 Å². The lowest BCUT2D eigenvalue weighted by Gasteiger charge is -2.15. The summed E-state index contributed by atoms with van der Waals surface area (Å²) in [5.41, 5.74) is 6.63. The van der Waals surface area contributed by atoms with E-state index >= 15 is 0 Å². The molecule has 8 nitrogen and oxygen atoms in total. The van der Waals surface area contributed by atoms with Gasteiger partial charge in [0.15, 0.2) is 5.11 Å². The van der Waals surface area contributed by atoms with Gasteiger partial charge in [-0.1, -0.05) is 54.6 Å². The Bertz CT molecular complexity index is 1140. The molecule has 0 bridgehead atoms. The van der Waals surface area contributed by atoms with Gasteiger partial charge < -0.3 is 14.2 Å². The fraction of sp³-hybridized carbons (Fsp3) is 0.192. The molecule has 0 saturated heterocycles. The molecular weight excluding hydrogens is 466 g/mol. The average molecular weight is 494 g/mol. The summed E-state index contributed by atoms with van der Waals surface area (Å²) in [6.45, 7) is 3.52. The van der Waals surface area contributed by atoms with Gasteiger partial charge in [-0.2, -0.15) is 0 Å². The SMILES string of the molecule is CCOCCOc1ccccc1C(=O)NC(=S)NNC(=O)c1ccccc1OCc1ccccc1. The van der Waals surface area contributed by atoms with Gasteiger partial charge in [-0.25, -0.2) is 0 Å². The largest absolute Gasteiger partial charge is 0.490 e. The highest BCUT2D eigenvalue weighted by Gasteiger charge is 2.16. The van der Waals surface area contributed by atoms with Gasteiger partial charge in [-0.15, -0.1) is 0 Å². The number of ether oxygens (including phenoxy) is 3. The molecule has 0 saturated carbocycles. The molecule has 182 valence electrons. The number of hydrogen-bond donors (Lipinski definition) is 3. The van der Waals surface area contributed by atoms with Gasteiger partial charge in [-0.05, 0) is 49.0 Å². The van der Waals surface area contributed by atoms with Gasteiger partial charge in [0.05, 0.1) is 17.7 Å². The number of hydrazine groups is 1. The Balaban J connectivity index is 1.53. The average Bonchev–Trinajstić information content (AvgIpc) is 2.89. The van der Waals surface area contributed by atoms with Crippen LogP contribution in [0.2, 0.25) is 0 Å². The molecule has 3 aromatic rings. The first-order valence-corrected chi connectivity index (χ1v) is 11.5. The monoisotopic (exact) mass is 493 g/mol. The first-order chi connectivity index (χ1) is 17.1. The molecule has 3 aromatic carbocycles. The zero-order chi connectivity index (χ0) is 24.9. The van der Waals surface area contributed by atoms with Crippen LogP contribution < -0.4 is 25.6 Å². The summed E-state index contributed by atoms with van der Waals surface area (Å²) in [6, 6.07) is 23.3. The van der Waals surface area contributed by atoms with E-state index < -0.39 is 11.8 Å². The fourth-order valence-electron chi connectivity index (χ4n) is 3.03. The predicted octanol–water partition coefficient (Wildman–Crippen LogP) is 3.63. The van der Waals surface area contributed by atoms with E-state index in [0.29, 0.717) is 49.1 Å². The number of para-hydroxylation sites is 2. The second-order valence-corrected chi connectivity index (χ2v) is 7.58. The van der Waals surface area contributed by atoms with Crippen LogP contribution in [0.25, 0.3) is 0 Å². The van der Waals surface area contributed by atoms with Crippen LogP contribution in [-0.2, 0) is 11.3 Å². The Morgan fingerprint density at radius 2 is 1.34 bits per heavy atom. The number of benzene rings is 3. The highest BCUT2D eigenvalue weighted by molar-refractivity contribution is 7.80. The first kappa shape index (κ1) is 25.7. The van der Waals surface area contributed by atoms with Gasteiger partial charge in [-0.3, -0.25) is 25.8 Å². The lowest BCUT2D eigenvalue weighted by molar-refractivity contribution is 0.0927. The second-order valence-electron chi connectivity index (χ2n) is 7.17. The third kappa shape index (κ3) is 8.09. The van der Waals surface area contributed by atoms with Crippen LogP contribution in [0.15, 0.2) is 78.9 Å². The third-order valence-electron chi connectivity index (χ3n) is 4.71. The summed E-state index contributed by atoms with van der Waals surface area (Å²) in [7, 11) is 0. The van der Waals surface area contributed by atoms with Gasteiger partial charge >= 0.3 is 0 Å². The van der Waals surface area contributed by atoms with Gasteiger partial charge in [0.2, 0.25) is 0 Å². The van der Waals surface area contributed by atoms with Crippen LogP contribution in [0.4, 0.5) is 0 Å². The minimum Gasteiger partial charge on any atom is -0.490 e. The molecule has 0 aliphatic heterocycles.